The zero-order valence-electron chi connectivity index (χ0n) is 15.3. The molecule has 2 heterocycles. The van der Waals surface area contributed by atoms with Crippen molar-refractivity contribution in [1.82, 2.24) is 9.79 Å². The molecule has 4 rings (SSSR count). The van der Waals surface area contributed by atoms with E-state index in [9.17, 15) is 22.8 Å². The van der Waals surface area contributed by atoms with E-state index in [1.165, 1.54) is 41.7 Å². The number of hydrogen-bond donors (Lipinski definition) is 1. The number of rotatable bonds is 6. The molecule has 2 amide bonds. The molecule has 1 aromatic heterocycles. The minimum atomic E-state index is -3.88. The minimum absolute atomic E-state index is 0.115. The highest BCUT2D eigenvalue weighted by molar-refractivity contribution is 7.89. The predicted octanol–water partition coefficient (Wildman–Crippen LogP) is 2.59. The lowest BCUT2D eigenvalue weighted by Crippen LogP contribution is -2.32. The third-order valence-electron chi connectivity index (χ3n) is 4.33. The largest absolute Gasteiger partial charge is 0.363 e. The number of benzene rings is 2. The number of carbonyl (C=O) groups is 3. The second-order valence-electron chi connectivity index (χ2n) is 6.26. The first-order chi connectivity index (χ1) is 14.4. The average Bonchev–Trinajstić information content (AvgIpc) is 3.36. The van der Waals surface area contributed by atoms with Crippen LogP contribution in [0.3, 0.4) is 0 Å². The quantitative estimate of drug-likeness (QED) is 0.588. The second kappa shape index (κ2) is 7.82. The van der Waals surface area contributed by atoms with Gasteiger partial charge in [-0.05, 0) is 41.8 Å². The van der Waals surface area contributed by atoms with Crippen LogP contribution in [0, 0.1) is 0 Å². The Morgan fingerprint density at radius 3 is 2.30 bits per heavy atom. The minimum Gasteiger partial charge on any atom is -0.324 e. The van der Waals surface area contributed by atoms with E-state index in [0.29, 0.717) is 5.06 Å². The maximum atomic E-state index is 12.5. The van der Waals surface area contributed by atoms with Gasteiger partial charge in [-0.3, -0.25) is 9.59 Å². The molecule has 0 aliphatic carbocycles. The molecule has 0 bridgehead atoms. The number of sulfonamides is 1. The van der Waals surface area contributed by atoms with E-state index in [0.717, 1.165) is 10.9 Å². The van der Waals surface area contributed by atoms with Gasteiger partial charge in [-0.25, -0.2) is 17.9 Å². The van der Waals surface area contributed by atoms with E-state index >= 15 is 0 Å². The van der Waals surface area contributed by atoms with Crippen molar-refractivity contribution in [3.05, 3.63) is 87.6 Å². The van der Waals surface area contributed by atoms with Crippen molar-refractivity contribution in [3.8, 4) is 0 Å². The van der Waals surface area contributed by atoms with Gasteiger partial charge in [-0.15, -0.1) is 11.3 Å². The van der Waals surface area contributed by atoms with Crippen LogP contribution < -0.4 is 4.72 Å². The summed E-state index contributed by atoms with van der Waals surface area (Å²) >= 11 is 1.41. The number of carbonyl (C=O) groups excluding carboxylic acids is 3. The summed E-state index contributed by atoms with van der Waals surface area (Å²) in [5.41, 5.74) is 0.138. The molecule has 1 N–H and O–H groups in total. The Hall–Kier alpha value is -3.34. The monoisotopic (exact) mass is 442 g/mol. The number of nitrogens with zero attached hydrogens (tertiary/aromatic N) is 1. The van der Waals surface area contributed by atoms with Gasteiger partial charge < -0.3 is 4.84 Å². The van der Waals surface area contributed by atoms with Crippen molar-refractivity contribution >= 4 is 39.1 Å². The van der Waals surface area contributed by atoms with Crippen molar-refractivity contribution in [2.75, 3.05) is 0 Å². The van der Waals surface area contributed by atoms with Crippen molar-refractivity contribution in [1.29, 1.82) is 0 Å². The van der Waals surface area contributed by atoms with Gasteiger partial charge in [0.15, 0.2) is 0 Å². The molecular formula is C20H14N2O6S2. The lowest BCUT2D eigenvalue weighted by atomic mass is 10.1. The maximum absolute atomic E-state index is 12.5. The molecule has 0 saturated heterocycles. The normalized spacial score (nSPS) is 13.4. The fourth-order valence-electron chi connectivity index (χ4n) is 2.84. The molecule has 3 aromatic rings. The van der Waals surface area contributed by atoms with Gasteiger partial charge >= 0.3 is 5.97 Å². The van der Waals surface area contributed by atoms with Gasteiger partial charge in [0.05, 0.1) is 21.6 Å². The summed E-state index contributed by atoms with van der Waals surface area (Å²) in [6, 6.07) is 14.9. The topological polar surface area (TPSA) is 110 Å². The van der Waals surface area contributed by atoms with Gasteiger partial charge in [0.2, 0.25) is 10.0 Å². The Kier molecular flexibility index (Phi) is 5.20. The van der Waals surface area contributed by atoms with Crippen molar-refractivity contribution in [2.24, 2.45) is 0 Å². The number of hydroxylamine groups is 2. The van der Waals surface area contributed by atoms with Gasteiger partial charge in [-0.1, -0.05) is 29.3 Å². The first kappa shape index (κ1) is 20.0. The lowest BCUT2D eigenvalue weighted by molar-refractivity contribution is -0.0584. The SMILES string of the molecule is O=C(ON1C(=O)c2ccccc2C1=O)c1cccc(S(=O)(=O)NCc2cccs2)c1. The summed E-state index contributed by atoms with van der Waals surface area (Å²) in [4.78, 5) is 42.8. The number of nitrogens with one attached hydrogen (secondary N) is 1. The number of hydrogen-bond acceptors (Lipinski definition) is 7. The van der Waals surface area contributed by atoms with Crippen molar-refractivity contribution < 1.29 is 27.6 Å². The van der Waals surface area contributed by atoms with Crippen LogP contribution in [-0.2, 0) is 21.4 Å². The Balaban J connectivity index is 1.51. The highest BCUT2D eigenvalue weighted by Gasteiger charge is 2.38. The molecule has 30 heavy (non-hydrogen) atoms. The van der Waals surface area contributed by atoms with Crippen LogP contribution in [0.2, 0.25) is 0 Å². The first-order valence-corrected chi connectivity index (χ1v) is 11.1. The van der Waals surface area contributed by atoms with Crippen molar-refractivity contribution in [2.45, 2.75) is 11.4 Å². The van der Waals surface area contributed by atoms with Gasteiger partial charge in [0, 0.05) is 11.4 Å². The third kappa shape index (κ3) is 3.75. The van der Waals surface area contributed by atoms with Crippen LogP contribution in [0.4, 0.5) is 0 Å². The van der Waals surface area contributed by atoms with Crippen LogP contribution in [0.25, 0.3) is 0 Å². The highest BCUT2D eigenvalue weighted by atomic mass is 32.2. The van der Waals surface area contributed by atoms with E-state index in [4.69, 9.17) is 4.84 Å². The molecule has 0 radical (unpaired) electrons. The number of thiophene rings is 1. The van der Waals surface area contributed by atoms with Gasteiger partial charge in [0.25, 0.3) is 11.8 Å². The summed E-state index contributed by atoms with van der Waals surface area (Å²) in [7, 11) is -3.88. The average molecular weight is 442 g/mol. The van der Waals surface area contributed by atoms with Gasteiger partial charge in [-0.2, -0.15) is 0 Å². The second-order valence-corrected chi connectivity index (χ2v) is 9.06. The predicted molar refractivity (Wildman–Crippen MR) is 107 cm³/mol. The van der Waals surface area contributed by atoms with E-state index in [1.54, 1.807) is 18.2 Å². The summed E-state index contributed by atoms with van der Waals surface area (Å²) < 4.78 is 27.5. The molecular weight excluding hydrogens is 428 g/mol. The van der Waals surface area contributed by atoms with Crippen LogP contribution in [0.1, 0.15) is 36.0 Å². The zero-order chi connectivity index (χ0) is 21.3. The molecule has 0 atom stereocenters. The molecule has 0 fully saturated rings. The molecule has 10 heteroatoms. The molecule has 152 valence electrons. The van der Waals surface area contributed by atoms with E-state index in [1.807, 2.05) is 11.4 Å². The summed E-state index contributed by atoms with van der Waals surface area (Å²) in [5, 5.41) is 2.21. The Bertz CT molecular complexity index is 1220. The third-order valence-corrected chi connectivity index (χ3v) is 6.60. The fourth-order valence-corrected chi connectivity index (χ4v) is 4.63. The van der Waals surface area contributed by atoms with Crippen LogP contribution in [-0.4, -0.2) is 31.3 Å². The smallest absolute Gasteiger partial charge is 0.324 e. The Morgan fingerprint density at radius 2 is 1.67 bits per heavy atom. The van der Waals surface area contributed by atoms with Crippen molar-refractivity contribution in [3.63, 3.8) is 0 Å². The zero-order valence-corrected chi connectivity index (χ0v) is 16.9. The molecule has 0 spiro atoms. The fraction of sp³-hybridized carbons (Fsp3) is 0.0500. The Morgan fingerprint density at radius 1 is 0.967 bits per heavy atom. The number of fused-ring (bicyclic) bond motifs is 1. The molecule has 1 aliphatic heterocycles. The van der Waals surface area contributed by atoms with Crippen LogP contribution in [0.5, 0.6) is 0 Å². The standard InChI is InChI=1S/C20H14N2O6S2/c23-18-16-8-1-2-9-17(16)19(24)22(18)28-20(25)13-5-3-7-15(11-13)30(26,27)21-12-14-6-4-10-29-14/h1-11,21H,12H2. The lowest BCUT2D eigenvalue weighted by Gasteiger charge is -2.13. The van der Waals surface area contributed by atoms with Crippen LogP contribution in [0.15, 0.2) is 70.9 Å². The molecule has 2 aromatic carbocycles. The first-order valence-electron chi connectivity index (χ1n) is 8.69. The molecule has 0 unspecified atom stereocenters. The summed E-state index contributed by atoms with van der Waals surface area (Å²) in [5.74, 6) is -2.55. The molecule has 8 nitrogen and oxygen atoms in total. The van der Waals surface area contributed by atoms with Gasteiger partial charge in [0.1, 0.15) is 0 Å². The Labute approximate surface area is 175 Å². The maximum Gasteiger partial charge on any atom is 0.363 e. The molecule has 0 saturated carbocycles. The number of imide groups is 1. The van der Waals surface area contributed by atoms with E-state index in [2.05, 4.69) is 4.72 Å². The molecule has 1 aliphatic rings. The van der Waals surface area contributed by atoms with Crippen LogP contribution >= 0.6 is 11.3 Å². The number of amides is 2. The van der Waals surface area contributed by atoms with E-state index < -0.39 is 27.8 Å². The van der Waals surface area contributed by atoms with E-state index in [-0.39, 0.29) is 28.1 Å². The summed E-state index contributed by atoms with van der Waals surface area (Å²) in [6.45, 7) is 0.115. The highest BCUT2D eigenvalue weighted by Crippen LogP contribution is 2.23. The summed E-state index contributed by atoms with van der Waals surface area (Å²) in [6.07, 6.45) is 0.